The number of phenolic OH excluding ortho intramolecular Hbond substituents is 1. The van der Waals surface area contributed by atoms with Crippen LogP contribution in [0.4, 0.5) is 13.2 Å². The van der Waals surface area contributed by atoms with Gasteiger partial charge < -0.3 is 9.52 Å². The Bertz CT molecular complexity index is 1580. The molecule has 1 N–H and O–H groups in total. The fraction of sp³-hybridized carbons (Fsp3) is 0.269. The van der Waals surface area contributed by atoms with Crippen molar-refractivity contribution in [2.45, 2.75) is 43.0 Å². The monoisotopic (exact) mass is 545 g/mol. The summed E-state index contributed by atoms with van der Waals surface area (Å²) in [5.41, 5.74) is 0.159. The molecule has 2 aromatic heterocycles. The average Bonchev–Trinajstić information content (AvgIpc) is 3.55. The van der Waals surface area contributed by atoms with Crippen molar-refractivity contribution in [3.63, 3.8) is 0 Å². The first kappa shape index (κ1) is 25.9. The number of hydrogen-bond donors (Lipinski definition) is 1. The van der Waals surface area contributed by atoms with Crippen LogP contribution in [0.2, 0.25) is 0 Å². The van der Waals surface area contributed by atoms with Gasteiger partial charge >= 0.3 is 6.18 Å². The van der Waals surface area contributed by atoms with E-state index in [9.17, 15) is 31.5 Å². The summed E-state index contributed by atoms with van der Waals surface area (Å²) >= 11 is 0. The highest BCUT2D eigenvalue weighted by atomic mass is 32.2. The van der Waals surface area contributed by atoms with E-state index in [1.165, 1.54) is 22.8 Å². The number of ketones is 1. The van der Waals surface area contributed by atoms with E-state index in [-0.39, 0.29) is 41.5 Å². The summed E-state index contributed by atoms with van der Waals surface area (Å²) in [7, 11) is -4.03. The number of aryl methyl sites for hydroxylation is 1. The first-order chi connectivity index (χ1) is 18.0. The van der Waals surface area contributed by atoms with E-state index in [1.54, 1.807) is 24.3 Å². The molecule has 1 saturated heterocycles. The summed E-state index contributed by atoms with van der Waals surface area (Å²) in [5.74, 6) is -0.863. The number of rotatable bonds is 7. The number of fused-ring (bicyclic) bond motifs is 1. The van der Waals surface area contributed by atoms with Gasteiger partial charge in [0.15, 0.2) is 5.78 Å². The van der Waals surface area contributed by atoms with Gasteiger partial charge in [-0.1, -0.05) is 18.2 Å². The number of carbonyl (C=O) groups excluding carboxylic acids is 1. The number of para-hydroxylation sites is 1. The van der Waals surface area contributed by atoms with Crippen molar-refractivity contribution < 1.29 is 35.9 Å². The zero-order valence-corrected chi connectivity index (χ0v) is 20.7. The molecule has 198 valence electrons. The Kier molecular flexibility index (Phi) is 6.70. The van der Waals surface area contributed by atoms with Crippen LogP contribution in [0.15, 0.2) is 70.4 Å². The molecule has 0 spiro atoms. The van der Waals surface area contributed by atoms with Crippen molar-refractivity contribution in [1.82, 2.24) is 14.3 Å². The van der Waals surface area contributed by atoms with Gasteiger partial charge in [-0.25, -0.2) is 18.4 Å². The number of nitrogens with zero attached hydrogens (tertiary/aromatic N) is 3. The molecule has 0 radical (unpaired) electrons. The number of alkyl halides is 3. The highest BCUT2D eigenvalue weighted by molar-refractivity contribution is 7.89. The Balaban J connectivity index is 1.30. The fourth-order valence-corrected chi connectivity index (χ4v) is 6.20. The Labute approximate surface area is 215 Å². The zero-order chi connectivity index (χ0) is 27.1. The van der Waals surface area contributed by atoms with Gasteiger partial charge in [0.05, 0.1) is 17.3 Å². The van der Waals surface area contributed by atoms with E-state index < -0.39 is 33.6 Å². The lowest BCUT2D eigenvalue weighted by Crippen LogP contribution is -2.40. The van der Waals surface area contributed by atoms with Crippen LogP contribution in [0.3, 0.4) is 0 Å². The van der Waals surface area contributed by atoms with Crippen molar-refractivity contribution >= 4 is 26.8 Å². The Morgan fingerprint density at radius 1 is 1.11 bits per heavy atom. The molecule has 8 nitrogen and oxygen atoms in total. The molecule has 1 fully saturated rings. The maximum atomic E-state index is 13.3. The number of phenols is 1. The van der Waals surface area contributed by atoms with Gasteiger partial charge in [-0.2, -0.15) is 17.5 Å². The number of aromatic hydroxyl groups is 1. The number of Topliss-reactive ketones (excluding diaryl/α,β-unsaturated/α-hetero) is 1. The second-order valence-electron chi connectivity index (χ2n) is 8.97. The molecule has 5 rings (SSSR count). The third-order valence-corrected chi connectivity index (χ3v) is 8.26. The van der Waals surface area contributed by atoms with Crippen LogP contribution < -0.4 is 0 Å². The second-order valence-corrected chi connectivity index (χ2v) is 10.8. The quantitative estimate of drug-likeness (QED) is 0.349. The van der Waals surface area contributed by atoms with Crippen LogP contribution in [0, 0.1) is 0 Å². The number of sulfonamides is 1. The molecule has 4 aromatic rings. The minimum Gasteiger partial charge on any atom is -0.507 e. The summed E-state index contributed by atoms with van der Waals surface area (Å²) in [6.07, 6.45) is -2.34. The van der Waals surface area contributed by atoms with E-state index in [4.69, 9.17) is 4.42 Å². The first-order valence-corrected chi connectivity index (χ1v) is 13.2. The van der Waals surface area contributed by atoms with Gasteiger partial charge in [0.1, 0.15) is 17.7 Å². The van der Waals surface area contributed by atoms with Crippen LogP contribution >= 0.6 is 0 Å². The molecule has 12 heteroatoms. The molecule has 0 saturated carbocycles. The van der Waals surface area contributed by atoms with Crippen LogP contribution in [0.5, 0.6) is 5.75 Å². The van der Waals surface area contributed by atoms with Crippen LogP contribution in [-0.2, 0) is 27.4 Å². The van der Waals surface area contributed by atoms with Crippen LogP contribution in [0.1, 0.15) is 30.5 Å². The SMILES string of the molecule is O=C(CCc1cc(-c2ccc(C(F)(F)F)cc2O)ncn1)[C@@H]1CCCN1S(=O)(=O)c1cc2ccccc2o1. The Hall–Kier alpha value is -3.77. The highest BCUT2D eigenvalue weighted by Crippen LogP contribution is 2.36. The number of aromatic nitrogens is 2. The van der Waals surface area contributed by atoms with Gasteiger partial charge in [-0.3, -0.25) is 4.79 Å². The van der Waals surface area contributed by atoms with E-state index in [0.717, 1.165) is 12.1 Å². The molecule has 1 aliphatic heterocycles. The molecular formula is C26H22F3N3O5S. The maximum absolute atomic E-state index is 13.3. The fourth-order valence-electron chi connectivity index (χ4n) is 4.57. The third kappa shape index (κ3) is 5.01. The summed E-state index contributed by atoms with van der Waals surface area (Å²) in [4.78, 5) is 21.2. The van der Waals surface area contributed by atoms with Gasteiger partial charge in [-0.15, -0.1) is 0 Å². The van der Waals surface area contributed by atoms with Gasteiger partial charge in [-0.05, 0) is 49.6 Å². The maximum Gasteiger partial charge on any atom is 0.416 e. The van der Waals surface area contributed by atoms with E-state index in [1.807, 2.05) is 0 Å². The zero-order valence-electron chi connectivity index (χ0n) is 19.9. The van der Waals surface area contributed by atoms with Crippen molar-refractivity contribution in [3.8, 4) is 17.0 Å². The van der Waals surface area contributed by atoms with Crippen molar-refractivity contribution in [3.05, 3.63) is 72.2 Å². The van der Waals surface area contributed by atoms with Gasteiger partial charge in [0.2, 0.25) is 5.09 Å². The van der Waals surface area contributed by atoms with E-state index >= 15 is 0 Å². The predicted octanol–water partition coefficient (Wildman–Crippen LogP) is 4.97. The number of furan rings is 1. The predicted molar refractivity (Wildman–Crippen MR) is 131 cm³/mol. The molecule has 0 bridgehead atoms. The third-order valence-electron chi connectivity index (χ3n) is 6.49. The van der Waals surface area contributed by atoms with Crippen LogP contribution in [-0.4, -0.2) is 46.2 Å². The summed E-state index contributed by atoms with van der Waals surface area (Å²) in [5, 5.41) is 10.6. The first-order valence-electron chi connectivity index (χ1n) is 11.8. The molecule has 0 amide bonds. The molecule has 1 atom stereocenters. The number of halogens is 3. The Morgan fingerprint density at radius 3 is 2.63 bits per heavy atom. The van der Waals surface area contributed by atoms with Crippen molar-refractivity contribution in [2.24, 2.45) is 0 Å². The number of hydrogen-bond acceptors (Lipinski definition) is 7. The molecule has 1 aliphatic rings. The smallest absolute Gasteiger partial charge is 0.416 e. The molecule has 0 unspecified atom stereocenters. The standard InChI is InChI=1S/C26H22F3N3O5S/c27-26(28,29)17-7-9-19(23(34)13-17)20-14-18(30-15-31-20)8-10-22(33)21-5-3-11-32(21)38(35,36)25-12-16-4-1-2-6-24(16)37-25/h1-2,4,6-7,9,12-15,21,34H,3,5,8,10-11H2/t21-/m0/s1. The molecule has 38 heavy (non-hydrogen) atoms. The number of benzene rings is 2. The molecule has 3 heterocycles. The van der Waals surface area contributed by atoms with E-state index in [0.29, 0.717) is 35.6 Å². The lowest BCUT2D eigenvalue weighted by atomic mass is 10.0. The normalized spacial score (nSPS) is 16.8. The average molecular weight is 546 g/mol. The summed E-state index contributed by atoms with van der Waals surface area (Å²) in [6, 6.07) is 11.6. The van der Waals surface area contributed by atoms with Crippen LogP contribution in [0.25, 0.3) is 22.2 Å². The van der Waals surface area contributed by atoms with Crippen molar-refractivity contribution in [2.75, 3.05) is 6.54 Å². The van der Waals surface area contributed by atoms with E-state index in [2.05, 4.69) is 9.97 Å². The topological polar surface area (TPSA) is 114 Å². The highest BCUT2D eigenvalue weighted by Gasteiger charge is 2.40. The summed E-state index contributed by atoms with van der Waals surface area (Å²) < 4.78 is 72.0. The lowest BCUT2D eigenvalue weighted by molar-refractivity contribution is -0.137. The minimum atomic E-state index is -4.60. The number of carbonyl (C=O) groups is 1. The largest absolute Gasteiger partial charge is 0.507 e. The van der Waals surface area contributed by atoms with Gasteiger partial charge in [0.25, 0.3) is 10.0 Å². The lowest BCUT2D eigenvalue weighted by Gasteiger charge is -2.21. The van der Waals surface area contributed by atoms with Crippen molar-refractivity contribution in [1.29, 1.82) is 0 Å². The minimum absolute atomic E-state index is 0.00767. The molecule has 2 aromatic carbocycles. The summed E-state index contributed by atoms with van der Waals surface area (Å²) in [6.45, 7) is 0.195. The molecule has 0 aliphatic carbocycles. The Morgan fingerprint density at radius 2 is 1.89 bits per heavy atom. The molecular weight excluding hydrogens is 523 g/mol. The second kappa shape index (κ2) is 9.84. The van der Waals surface area contributed by atoms with Gasteiger partial charge in [0, 0.05) is 35.7 Å².